The van der Waals surface area contributed by atoms with Crippen molar-refractivity contribution in [2.75, 3.05) is 25.0 Å². The number of nitrogens with one attached hydrogen (secondary N) is 1. The van der Waals surface area contributed by atoms with Gasteiger partial charge in [-0.3, -0.25) is 19.9 Å². The SMILES string of the molecule is Cc1cccc(N2CCCN3C4C(=O)N(Cc5ccc(Br)cc5)C(=O)N(C)C4NC23)c1. The highest BCUT2D eigenvalue weighted by molar-refractivity contribution is 9.10. The number of hydrogen-bond donors (Lipinski definition) is 1. The molecule has 3 heterocycles. The Morgan fingerprint density at radius 2 is 1.87 bits per heavy atom. The summed E-state index contributed by atoms with van der Waals surface area (Å²) in [6, 6.07) is 15.5. The van der Waals surface area contributed by atoms with Crippen molar-refractivity contribution in [1.29, 1.82) is 0 Å². The van der Waals surface area contributed by atoms with Gasteiger partial charge >= 0.3 is 6.03 Å². The van der Waals surface area contributed by atoms with Crippen LogP contribution in [0.4, 0.5) is 10.5 Å². The molecule has 3 atom stereocenters. The Morgan fingerprint density at radius 1 is 1.10 bits per heavy atom. The highest BCUT2D eigenvalue weighted by atomic mass is 79.9. The molecule has 2 aromatic rings. The molecule has 3 aliphatic rings. The van der Waals surface area contributed by atoms with Gasteiger partial charge in [-0.15, -0.1) is 0 Å². The van der Waals surface area contributed by atoms with Gasteiger partial charge in [0.15, 0.2) is 0 Å². The van der Waals surface area contributed by atoms with Gasteiger partial charge in [0, 0.05) is 30.3 Å². The molecule has 3 fully saturated rings. The summed E-state index contributed by atoms with van der Waals surface area (Å²) in [5, 5.41) is 3.57. The number of likely N-dealkylation sites (N-methyl/N-ethyl adjacent to an activating group) is 1. The number of hydrogen-bond acceptors (Lipinski definition) is 5. The molecule has 3 saturated heterocycles. The molecule has 3 aliphatic heterocycles. The van der Waals surface area contributed by atoms with E-state index in [0.717, 1.165) is 35.2 Å². The smallest absolute Gasteiger partial charge is 0.328 e. The van der Waals surface area contributed by atoms with E-state index in [-0.39, 0.29) is 30.9 Å². The second-order valence-corrected chi connectivity index (χ2v) is 9.41. The molecular formula is C23H26BrN5O2. The number of halogens is 1. The van der Waals surface area contributed by atoms with Crippen LogP contribution in [0, 0.1) is 6.92 Å². The van der Waals surface area contributed by atoms with Crippen molar-refractivity contribution >= 4 is 33.6 Å². The summed E-state index contributed by atoms with van der Waals surface area (Å²) < 4.78 is 0.970. The van der Waals surface area contributed by atoms with E-state index in [4.69, 9.17) is 0 Å². The van der Waals surface area contributed by atoms with Crippen molar-refractivity contribution in [3.63, 3.8) is 0 Å². The summed E-state index contributed by atoms with van der Waals surface area (Å²) in [6.07, 6.45) is 0.515. The lowest BCUT2D eigenvalue weighted by Gasteiger charge is -2.44. The molecule has 0 bridgehead atoms. The number of imide groups is 1. The Balaban J connectivity index is 1.43. The van der Waals surface area contributed by atoms with Crippen LogP contribution in [0.2, 0.25) is 0 Å². The van der Waals surface area contributed by atoms with Gasteiger partial charge in [-0.1, -0.05) is 40.2 Å². The second kappa shape index (κ2) is 7.93. The zero-order valence-electron chi connectivity index (χ0n) is 17.7. The molecule has 2 aromatic carbocycles. The average Bonchev–Trinajstić information content (AvgIpc) is 3.16. The van der Waals surface area contributed by atoms with E-state index in [9.17, 15) is 9.59 Å². The molecule has 0 aliphatic carbocycles. The molecule has 0 spiro atoms. The second-order valence-electron chi connectivity index (χ2n) is 8.50. The van der Waals surface area contributed by atoms with Crippen LogP contribution in [0.3, 0.4) is 0 Å². The summed E-state index contributed by atoms with van der Waals surface area (Å²) >= 11 is 3.43. The van der Waals surface area contributed by atoms with Crippen LogP contribution in [-0.2, 0) is 11.3 Å². The Bertz CT molecular complexity index is 1010. The van der Waals surface area contributed by atoms with Crippen LogP contribution in [0.25, 0.3) is 0 Å². The van der Waals surface area contributed by atoms with Crippen LogP contribution in [0.5, 0.6) is 0 Å². The number of carbonyl (C=O) groups is 2. The lowest BCUT2D eigenvalue weighted by Crippen LogP contribution is -2.66. The number of carbonyl (C=O) groups excluding carboxylic acids is 2. The molecule has 0 radical (unpaired) electrons. The van der Waals surface area contributed by atoms with E-state index in [1.54, 1.807) is 11.9 Å². The van der Waals surface area contributed by atoms with Gasteiger partial charge in [0.2, 0.25) is 0 Å². The van der Waals surface area contributed by atoms with Crippen LogP contribution < -0.4 is 10.2 Å². The van der Waals surface area contributed by atoms with Gasteiger partial charge in [-0.05, 0) is 48.7 Å². The third kappa shape index (κ3) is 3.52. The summed E-state index contributed by atoms with van der Waals surface area (Å²) in [7, 11) is 1.78. The fourth-order valence-electron chi connectivity index (χ4n) is 4.91. The topological polar surface area (TPSA) is 59.1 Å². The Morgan fingerprint density at radius 3 is 2.61 bits per heavy atom. The lowest BCUT2D eigenvalue weighted by molar-refractivity contribution is -0.139. The highest BCUT2D eigenvalue weighted by Crippen LogP contribution is 2.33. The summed E-state index contributed by atoms with van der Waals surface area (Å²) in [4.78, 5) is 34.2. The van der Waals surface area contributed by atoms with Crippen molar-refractivity contribution in [3.8, 4) is 0 Å². The first kappa shape index (κ1) is 20.5. The zero-order valence-corrected chi connectivity index (χ0v) is 19.2. The molecule has 162 valence electrons. The third-order valence-electron chi connectivity index (χ3n) is 6.46. The predicted molar refractivity (Wildman–Crippen MR) is 122 cm³/mol. The fourth-order valence-corrected chi connectivity index (χ4v) is 5.17. The third-order valence-corrected chi connectivity index (χ3v) is 6.99. The Kier molecular flexibility index (Phi) is 5.24. The fraction of sp³-hybridized carbons (Fsp3) is 0.391. The maximum Gasteiger partial charge on any atom is 0.328 e. The summed E-state index contributed by atoms with van der Waals surface area (Å²) in [5.74, 6) is -0.128. The molecule has 5 rings (SSSR count). The number of amides is 3. The highest BCUT2D eigenvalue weighted by Gasteiger charge is 2.56. The largest absolute Gasteiger partial charge is 0.343 e. The van der Waals surface area contributed by atoms with E-state index in [1.807, 2.05) is 24.3 Å². The van der Waals surface area contributed by atoms with Gasteiger partial charge < -0.3 is 9.80 Å². The monoisotopic (exact) mass is 483 g/mol. The van der Waals surface area contributed by atoms with Crippen LogP contribution in [-0.4, -0.2) is 65.3 Å². The maximum absolute atomic E-state index is 13.6. The Hall–Kier alpha value is -2.42. The molecule has 1 N–H and O–H groups in total. The lowest BCUT2D eigenvalue weighted by atomic mass is 10.1. The van der Waals surface area contributed by atoms with Gasteiger partial charge in [0.05, 0.1) is 6.54 Å². The minimum absolute atomic E-state index is 0.114. The number of nitrogens with zero attached hydrogens (tertiary/aromatic N) is 4. The standard InChI is InChI=1S/C23H26BrN5O2/c1-15-5-3-6-18(13-15)27-11-4-12-28-19-20(25-22(27)28)26(2)23(31)29(21(19)30)14-16-7-9-17(24)10-8-16/h3,5-10,13,19-20,22,25H,4,11-12,14H2,1-2H3. The van der Waals surface area contributed by atoms with Gasteiger partial charge in [0.1, 0.15) is 18.5 Å². The van der Waals surface area contributed by atoms with Crippen LogP contribution in [0.15, 0.2) is 53.0 Å². The van der Waals surface area contributed by atoms with E-state index in [2.05, 4.69) is 62.2 Å². The summed E-state index contributed by atoms with van der Waals surface area (Å²) in [5.41, 5.74) is 3.27. The van der Waals surface area contributed by atoms with Gasteiger partial charge in [-0.2, -0.15) is 0 Å². The first-order valence-corrected chi connectivity index (χ1v) is 11.4. The maximum atomic E-state index is 13.6. The van der Waals surface area contributed by atoms with Crippen molar-refractivity contribution in [2.24, 2.45) is 0 Å². The van der Waals surface area contributed by atoms with Crippen LogP contribution >= 0.6 is 15.9 Å². The quantitative estimate of drug-likeness (QED) is 0.726. The molecule has 3 unspecified atom stereocenters. The first-order valence-electron chi connectivity index (χ1n) is 10.6. The van der Waals surface area contributed by atoms with Crippen molar-refractivity contribution in [2.45, 2.75) is 38.4 Å². The predicted octanol–water partition coefficient (Wildman–Crippen LogP) is 2.95. The molecule has 8 heteroatoms. The van der Waals surface area contributed by atoms with E-state index in [0.29, 0.717) is 0 Å². The minimum Gasteiger partial charge on any atom is -0.343 e. The average molecular weight is 484 g/mol. The first-order chi connectivity index (χ1) is 14.9. The van der Waals surface area contributed by atoms with Crippen LogP contribution in [0.1, 0.15) is 17.5 Å². The van der Waals surface area contributed by atoms with Gasteiger partial charge in [-0.25, -0.2) is 4.79 Å². The number of rotatable bonds is 3. The molecule has 31 heavy (non-hydrogen) atoms. The number of benzene rings is 2. The minimum atomic E-state index is -0.393. The molecule has 3 amide bonds. The normalized spacial score (nSPS) is 26.3. The molecule has 0 aromatic heterocycles. The van der Waals surface area contributed by atoms with E-state index in [1.165, 1.54) is 10.5 Å². The van der Waals surface area contributed by atoms with Gasteiger partial charge in [0.25, 0.3) is 5.91 Å². The molecule has 0 saturated carbocycles. The number of fused-ring (bicyclic) bond motifs is 3. The Labute approximate surface area is 190 Å². The van der Waals surface area contributed by atoms with E-state index < -0.39 is 6.04 Å². The number of aryl methyl sites for hydroxylation is 1. The zero-order chi connectivity index (χ0) is 21.7. The van der Waals surface area contributed by atoms with Crippen molar-refractivity contribution in [1.82, 2.24) is 20.0 Å². The van der Waals surface area contributed by atoms with Crippen molar-refractivity contribution in [3.05, 3.63) is 64.1 Å². The molecular weight excluding hydrogens is 458 g/mol. The van der Waals surface area contributed by atoms with E-state index >= 15 is 0 Å². The van der Waals surface area contributed by atoms with Crippen molar-refractivity contribution < 1.29 is 9.59 Å². The number of anilines is 1. The summed E-state index contributed by atoms with van der Waals surface area (Å²) in [6.45, 7) is 4.09. The number of urea groups is 1. The molecule has 7 nitrogen and oxygen atoms in total.